The quantitative estimate of drug-likeness (QED) is 0.0721. The number of carboxylic acids is 2. The first-order valence-corrected chi connectivity index (χ1v) is 16.7. The summed E-state index contributed by atoms with van der Waals surface area (Å²) in [5.41, 5.74) is 2.03. The van der Waals surface area contributed by atoms with Gasteiger partial charge in [-0.05, 0) is 64.9 Å². The van der Waals surface area contributed by atoms with Crippen LogP contribution in [0.1, 0.15) is 17.2 Å². The predicted octanol–water partition coefficient (Wildman–Crippen LogP) is 1.50. The van der Waals surface area contributed by atoms with Crippen molar-refractivity contribution in [2.24, 2.45) is 0 Å². The Morgan fingerprint density at radius 1 is 0.833 bits per heavy atom. The van der Waals surface area contributed by atoms with Gasteiger partial charge in [-0.2, -0.15) is 0 Å². The van der Waals surface area contributed by atoms with Gasteiger partial charge in [-0.3, -0.25) is 28.8 Å². The van der Waals surface area contributed by atoms with Crippen LogP contribution in [0.15, 0.2) is 73.3 Å². The SMILES string of the molecule is O=C(O)CN(CC(=O)O)C(=O)Cn1ccnc1CN(CCc1ccc(N[SH](=O)=O)cc1)Cc1nccn1CC(=O)Nc1cccc(I)c1. The number of aliphatic carboxylic acids is 2. The number of nitrogens with zero attached hydrogens (tertiary/aromatic N) is 6. The number of halogens is 1. The molecule has 0 aliphatic rings. The van der Waals surface area contributed by atoms with Crippen molar-refractivity contribution in [3.8, 4) is 0 Å². The molecule has 0 spiro atoms. The molecular weight excluding hydrogens is 759 g/mol. The zero-order valence-electron chi connectivity index (χ0n) is 25.4. The molecule has 2 aromatic heterocycles. The first-order chi connectivity index (χ1) is 22.9. The zero-order valence-corrected chi connectivity index (χ0v) is 28.5. The fraction of sp³-hybridized carbons (Fsp3) is 0.267. The molecule has 2 amide bonds. The Kier molecular flexibility index (Phi) is 13.0. The number of aromatic nitrogens is 4. The molecule has 0 fully saturated rings. The van der Waals surface area contributed by atoms with Gasteiger partial charge in [0.1, 0.15) is 37.8 Å². The molecule has 0 saturated carbocycles. The van der Waals surface area contributed by atoms with Crippen molar-refractivity contribution in [1.29, 1.82) is 0 Å². The van der Waals surface area contributed by atoms with E-state index in [0.29, 0.717) is 36.0 Å². The monoisotopic (exact) mass is 792 g/mol. The lowest BCUT2D eigenvalue weighted by molar-refractivity contribution is -0.149. The van der Waals surface area contributed by atoms with Crippen LogP contribution in [0.5, 0.6) is 0 Å². The minimum atomic E-state index is -2.79. The highest BCUT2D eigenvalue weighted by molar-refractivity contribution is 14.1. The van der Waals surface area contributed by atoms with Gasteiger partial charge in [-0.1, -0.05) is 18.2 Å². The standard InChI is InChI=1S/C30H33IN8O8S/c31-22-2-1-3-24(14-22)34-27(40)17-37-12-9-32-25(37)15-36(11-8-21-4-6-23(7-5-21)35-48(46)47)16-26-33-10-13-38(26)18-28(41)39(19-29(42)43)20-30(44)45/h1-7,9-10,12-14,48H,8,11,15-20H2,(H,34,40)(H,42,43)(H,44,45)(H,35,46,47). The van der Waals surface area contributed by atoms with E-state index in [1.807, 2.05) is 23.1 Å². The van der Waals surface area contributed by atoms with Crippen molar-refractivity contribution < 1.29 is 37.8 Å². The van der Waals surface area contributed by atoms with E-state index in [0.717, 1.165) is 14.0 Å². The maximum atomic E-state index is 12.9. The molecule has 18 heteroatoms. The van der Waals surface area contributed by atoms with Gasteiger partial charge in [0, 0.05) is 46.3 Å². The Labute approximate surface area is 290 Å². The molecule has 0 aliphatic carbocycles. The Morgan fingerprint density at radius 2 is 1.44 bits per heavy atom. The van der Waals surface area contributed by atoms with Crippen LogP contribution < -0.4 is 10.0 Å². The molecule has 48 heavy (non-hydrogen) atoms. The normalized spacial score (nSPS) is 11.1. The van der Waals surface area contributed by atoms with Crippen LogP contribution in [0.3, 0.4) is 0 Å². The topological polar surface area (TPSA) is 209 Å². The number of thiol groups is 1. The summed E-state index contributed by atoms with van der Waals surface area (Å²) in [6, 6.07) is 14.3. The van der Waals surface area contributed by atoms with Crippen molar-refractivity contribution >= 4 is 68.6 Å². The lowest BCUT2D eigenvalue weighted by atomic mass is 10.1. The molecule has 16 nitrogen and oxygen atoms in total. The largest absolute Gasteiger partial charge is 0.480 e. The van der Waals surface area contributed by atoms with Crippen LogP contribution in [-0.4, -0.2) is 90.9 Å². The predicted molar refractivity (Wildman–Crippen MR) is 182 cm³/mol. The van der Waals surface area contributed by atoms with Crippen molar-refractivity contribution in [3.63, 3.8) is 0 Å². The number of nitrogens with one attached hydrogen (secondary N) is 2. The summed E-state index contributed by atoms with van der Waals surface area (Å²) < 4.78 is 28.6. The summed E-state index contributed by atoms with van der Waals surface area (Å²) in [5, 5.41) is 21.2. The first kappa shape index (κ1) is 36.0. The number of carboxylic acid groups (broad SMARTS) is 2. The Bertz CT molecular complexity index is 1800. The summed E-state index contributed by atoms with van der Waals surface area (Å²) in [4.78, 5) is 59.9. The van der Waals surface area contributed by atoms with Gasteiger partial charge in [-0.15, -0.1) is 0 Å². The van der Waals surface area contributed by atoms with Crippen LogP contribution in [0, 0.1) is 3.57 Å². The van der Waals surface area contributed by atoms with Gasteiger partial charge in [0.15, 0.2) is 0 Å². The minimum absolute atomic E-state index is 0.0111. The van der Waals surface area contributed by atoms with Crippen molar-refractivity contribution in [1.82, 2.24) is 28.9 Å². The fourth-order valence-corrected chi connectivity index (χ4v) is 5.65. The van der Waals surface area contributed by atoms with Crippen LogP contribution in [0.4, 0.5) is 11.4 Å². The van der Waals surface area contributed by atoms with Gasteiger partial charge in [0.05, 0.1) is 13.1 Å². The smallest absolute Gasteiger partial charge is 0.323 e. The summed E-state index contributed by atoms with van der Waals surface area (Å²) in [7, 11) is -2.79. The van der Waals surface area contributed by atoms with Crippen molar-refractivity contribution in [2.45, 2.75) is 32.6 Å². The number of anilines is 2. The highest BCUT2D eigenvalue weighted by Gasteiger charge is 2.22. The van der Waals surface area contributed by atoms with E-state index in [1.54, 1.807) is 53.5 Å². The Morgan fingerprint density at radius 3 is 2.00 bits per heavy atom. The van der Waals surface area contributed by atoms with E-state index in [-0.39, 0.29) is 32.1 Å². The number of imidazole rings is 2. The molecule has 2 aromatic carbocycles. The number of hydrogen-bond donors (Lipinski definition) is 5. The third kappa shape index (κ3) is 11.5. The molecular formula is C30H33IN8O8S. The maximum absolute atomic E-state index is 12.9. The van der Waals surface area contributed by atoms with E-state index in [1.165, 1.54) is 10.8 Å². The van der Waals surface area contributed by atoms with Crippen LogP contribution in [0.25, 0.3) is 0 Å². The number of benzene rings is 2. The van der Waals surface area contributed by atoms with Crippen molar-refractivity contribution in [3.05, 3.63) is 94.1 Å². The average molecular weight is 793 g/mol. The lowest BCUT2D eigenvalue weighted by Gasteiger charge is -2.24. The van der Waals surface area contributed by atoms with Crippen molar-refractivity contribution in [2.75, 3.05) is 29.7 Å². The Balaban J connectivity index is 1.51. The third-order valence-electron chi connectivity index (χ3n) is 6.96. The first-order valence-electron chi connectivity index (χ1n) is 14.4. The number of hydrogen-bond acceptors (Lipinski definition) is 9. The van der Waals surface area contributed by atoms with E-state index in [4.69, 9.17) is 10.2 Å². The zero-order chi connectivity index (χ0) is 34.6. The molecule has 0 radical (unpaired) electrons. The minimum Gasteiger partial charge on any atom is -0.480 e. The highest BCUT2D eigenvalue weighted by atomic mass is 127. The van der Waals surface area contributed by atoms with Gasteiger partial charge in [0.25, 0.3) is 0 Å². The van der Waals surface area contributed by atoms with Gasteiger partial charge < -0.3 is 29.6 Å². The second-order valence-corrected chi connectivity index (χ2v) is 12.5. The molecule has 0 saturated heterocycles. The van der Waals surface area contributed by atoms with Crippen LogP contribution >= 0.6 is 22.6 Å². The molecule has 0 unspecified atom stereocenters. The van der Waals surface area contributed by atoms with Gasteiger partial charge in [0.2, 0.25) is 22.7 Å². The summed E-state index contributed by atoms with van der Waals surface area (Å²) in [6.07, 6.45) is 6.88. The molecule has 4 rings (SSSR count). The molecule has 2 heterocycles. The van der Waals surface area contributed by atoms with Gasteiger partial charge >= 0.3 is 11.9 Å². The summed E-state index contributed by atoms with van der Waals surface area (Å²) in [5.74, 6) is -2.56. The lowest BCUT2D eigenvalue weighted by Crippen LogP contribution is -2.41. The van der Waals surface area contributed by atoms with E-state index >= 15 is 0 Å². The molecule has 0 atom stereocenters. The third-order valence-corrected chi connectivity index (χ3v) is 8.07. The average Bonchev–Trinajstić information content (AvgIpc) is 3.64. The van der Waals surface area contributed by atoms with Gasteiger partial charge in [-0.25, -0.2) is 18.4 Å². The summed E-state index contributed by atoms with van der Waals surface area (Å²) in [6.45, 7) is -0.873. The second kappa shape index (κ2) is 17.4. The number of amides is 2. The van der Waals surface area contributed by atoms with Crippen LogP contribution in [-0.2, 0) is 62.7 Å². The number of carbonyl (C=O) groups is 4. The summed E-state index contributed by atoms with van der Waals surface area (Å²) >= 11 is 2.17. The maximum Gasteiger partial charge on any atom is 0.323 e. The molecule has 254 valence electrons. The van der Waals surface area contributed by atoms with Crippen LogP contribution in [0.2, 0.25) is 0 Å². The molecule has 0 aliphatic heterocycles. The number of rotatable bonds is 18. The highest BCUT2D eigenvalue weighted by Crippen LogP contribution is 2.15. The molecule has 0 bridgehead atoms. The van der Waals surface area contributed by atoms with E-state index in [9.17, 15) is 27.6 Å². The molecule has 4 aromatic rings. The van der Waals surface area contributed by atoms with E-state index < -0.39 is 41.8 Å². The van der Waals surface area contributed by atoms with E-state index in [2.05, 4.69) is 42.6 Å². The molecule has 4 N–H and O–H groups in total. The number of carbonyl (C=O) groups excluding carboxylic acids is 2. The second-order valence-electron chi connectivity index (χ2n) is 10.6. The Hall–Kier alpha value is -4.82. The fourth-order valence-electron chi connectivity index (χ4n) is 4.75.